The van der Waals surface area contributed by atoms with E-state index < -0.39 is 5.24 Å². The molecule has 0 aliphatic rings. The molecule has 2 amide bonds. The van der Waals surface area contributed by atoms with Crippen LogP contribution in [0.15, 0.2) is 0 Å². The number of thiol groups is 2. The van der Waals surface area contributed by atoms with Crippen molar-refractivity contribution in [2.75, 3.05) is 7.05 Å². The van der Waals surface area contributed by atoms with Crippen molar-refractivity contribution in [3.05, 3.63) is 0 Å². The Morgan fingerprint density at radius 1 is 1.44 bits per heavy atom. The number of hydrogen-bond donors (Lipinski definition) is 4. The first-order valence-corrected chi connectivity index (χ1v) is 2.79. The molecule has 0 saturated carbocycles. The second-order valence-corrected chi connectivity index (χ2v) is 1.74. The van der Waals surface area contributed by atoms with E-state index in [1.807, 2.05) is 0 Å². The van der Waals surface area contributed by atoms with Crippen molar-refractivity contribution in [1.29, 1.82) is 0 Å². The topological polar surface area (TPSA) is 72.2 Å². The van der Waals surface area contributed by atoms with Crippen LogP contribution in [0.4, 0.5) is 9.59 Å². The Morgan fingerprint density at radius 2 is 1.56 bits per heavy atom. The summed E-state index contributed by atoms with van der Waals surface area (Å²) in [5.74, 6) is 0. The Hall–Kier alpha value is -0.360. The highest BCUT2D eigenvalue weighted by Gasteiger charge is 1.74. The van der Waals surface area contributed by atoms with E-state index in [9.17, 15) is 4.79 Å². The maximum atomic E-state index is 9.57. The summed E-state index contributed by atoms with van der Waals surface area (Å²) in [5.41, 5.74) is 4.34. The summed E-state index contributed by atoms with van der Waals surface area (Å²) < 4.78 is 0. The van der Waals surface area contributed by atoms with Crippen LogP contribution in [-0.4, -0.2) is 17.5 Å². The van der Waals surface area contributed by atoms with E-state index in [2.05, 4.69) is 36.3 Å². The van der Waals surface area contributed by atoms with Crippen LogP contribution in [0, 0.1) is 0 Å². The van der Waals surface area contributed by atoms with Gasteiger partial charge in [-0.3, -0.25) is 9.59 Å². The highest BCUT2D eigenvalue weighted by Crippen LogP contribution is 1.67. The number of hydrogen-bond acceptors (Lipinski definition) is 2. The quantitative estimate of drug-likeness (QED) is 0.391. The first-order valence-electron chi connectivity index (χ1n) is 1.89. The molecule has 0 aromatic carbocycles. The zero-order valence-corrected chi connectivity index (χ0v) is 6.58. The van der Waals surface area contributed by atoms with Crippen molar-refractivity contribution in [3.63, 3.8) is 0 Å². The van der Waals surface area contributed by atoms with Crippen molar-refractivity contribution in [3.8, 4) is 0 Å². The van der Waals surface area contributed by atoms with Gasteiger partial charge in [0.05, 0.1) is 0 Å². The summed E-state index contributed by atoms with van der Waals surface area (Å²) in [6, 6.07) is 0. The summed E-state index contributed by atoms with van der Waals surface area (Å²) in [6.07, 6.45) is 0. The lowest BCUT2D eigenvalue weighted by molar-refractivity contribution is 0.262. The second kappa shape index (κ2) is 7.64. The van der Waals surface area contributed by atoms with E-state index in [1.54, 1.807) is 0 Å². The highest BCUT2D eigenvalue weighted by molar-refractivity contribution is 7.96. The van der Waals surface area contributed by atoms with Crippen molar-refractivity contribution >= 4 is 35.7 Å². The Balaban J connectivity index is 0. The van der Waals surface area contributed by atoms with Crippen LogP contribution in [0.2, 0.25) is 0 Å². The molecule has 0 atom stereocenters. The molecule has 6 heteroatoms. The van der Waals surface area contributed by atoms with Gasteiger partial charge in [-0.1, -0.05) is 25.3 Å². The van der Waals surface area contributed by atoms with Crippen molar-refractivity contribution in [1.82, 2.24) is 5.32 Å². The standard InChI is InChI=1S/C2H5NOS.CH3NOS/c1-3-2(4)5;2-1(3)4/h1H3,(H2,3,4,5);(H3,2,3,4). The molecule has 0 fully saturated rings. The van der Waals surface area contributed by atoms with Crippen LogP contribution in [0.25, 0.3) is 0 Å². The van der Waals surface area contributed by atoms with Crippen molar-refractivity contribution < 1.29 is 9.59 Å². The molecule has 4 nitrogen and oxygen atoms in total. The average molecular weight is 168 g/mol. The maximum Gasteiger partial charge on any atom is 0.275 e. The molecule has 0 aliphatic heterocycles. The normalized spacial score (nSPS) is 6.56. The fourth-order valence-electron chi connectivity index (χ4n) is 0. The number of amides is 2. The molecule has 0 unspecified atom stereocenters. The van der Waals surface area contributed by atoms with E-state index in [-0.39, 0.29) is 5.24 Å². The van der Waals surface area contributed by atoms with Gasteiger partial charge >= 0.3 is 0 Å². The number of nitrogens with one attached hydrogen (secondary N) is 1. The monoisotopic (exact) mass is 168 g/mol. The lowest BCUT2D eigenvalue weighted by atomic mass is 11.2. The third kappa shape index (κ3) is 90.4. The molecule has 0 aliphatic carbocycles. The number of carbonyl (C=O) groups excluding carboxylic acids is 2. The molecule has 0 heterocycles. The minimum absolute atomic E-state index is 0.301. The molecule has 0 radical (unpaired) electrons. The highest BCUT2D eigenvalue weighted by atomic mass is 32.1. The van der Waals surface area contributed by atoms with Crippen molar-refractivity contribution in [2.45, 2.75) is 0 Å². The number of nitrogens with two attached hydrogens (primary N) is 1. The molecule has 0 rings (SSSR count). The van der Waals surface area contributed by atoms with Gasteiger partial charge in [0, 0.05) is 7.05 Å². The maximum absolute atomic E-state index is 9.57. The molecular weight excluding hydrogens is 160 g/mol. The summed E-state index contributed by atoms with van der Waals surface area (Å²) in [7, 11) is 1.52. The fourth-order valence-corrected chi connectivity index (χ4v) is 0. The number of carbonyl (C=O) groups is 2. The van der Waals surface area contributed by atoms with Crippen LogP contribution in [0.3, 0.4) is 0 Å². The van der Waals surface area contributed by atoms with E-state index in [4.69, 9.17) is 4.79 Å². The summed E-state index contributed by atoms with van der Waals surface area (Å²) in [5, 5.41) is 1.31. The van der Waals surface area contributed by atoms with Gasteiger partial charge in [-0.2, -0.15) is 0 Å². The Kier molecular flexibility index (Phi) is 9.71. The van der Waals surface area contributed by atoms with E-state index >= 15 is 0 Å². The first kappa shape index (κ1) is 11.4. The predicted molar refractivity (Wildman–Crippen MR) is 42.0 cm³/mol. The largest absolute Gasteiger partial charge is 0.361 e. The van der Waals surface area contributed by atoms with Gasteiger partial charge in [0.2, 0.25) is 0 Å². The minimum atomic E-state index is -0.639. The first-order chi connectivity index (χ1) is 4.00. The fraction of sp³-hybridized carbons (Fsp3) is 0.333. The van der Waals surface area contributed by atoms with Gasteiger partial charge in [-0.25, -0.2) is 0 Å². The summed E-state index contributed by atoms with van der Waals surface area (Å²) in [6.45, 7) is 0. The zero-order valence-electron chi connectivity index (χ0n) is 4.79. The van der Waals surface area contributed by atoms with E-state index in [1.165, 1.54) is 7.05 Å². The van der Waals surface area contributed by atoms with Gasteiger partial charge in [0.15, 0.2) is 0 Å². The SMILES string of the molecule is CNC(=O)S.NC(=O)S. The average Bonchev–Trinajstić information content (AvgIpc) is 1.65. The molecule has 0 spiro atoms. The van der Waals surface area contributed by atoms with Crippen LogP contribution >= 0.6 is 25.3 Å². The molecule has 54 valence electrons. The van der Waals surface area contributed by atoms with Crippen LogP contribution in [0.5, 0.6) is 0 Å². The third-order valence-electron chi connectivity index (χ3n) is 0.214. The third-order valence-corrected chi connectivity index (χ3v) is 0.437. The second-order valence-electron chi connectivity index (χ2n) is 0.893. The molecule has 0 bridgehead atoms. The lowest BCUT2D eigenvalue weighted by Gasteiger charge is -1.78. The molecule has 9 heavy (non-hydrogen) atoms. The molecule has 0 aromatic rings. The molecule has 0 aromatic heterocycles. The van der Waals surface area contributed by atoms with E-state index in [0.717, 1.165) is 0 Å². The number of rotatable bonds is 0. The number of primary amides is 1. The van der Waals surface area contributed by atoms with Crippen LogP contribution < -0.4 is 11.1 Å². The van der Waals surface area contributed by atoms with Gasteiger partial charge in [-0.05, 0) is 0 Å². The lowest BCUT2D eigenvalue weighted by Crippen LogP contribution is -2.06. The van der Waals surface area contributed by atoms with Crippen molar-refractivity contribution in [2.24, 2.45) is 5.73 Å². The van der Waals surface area contributed by atoms with Gasteiger partial charge in [0.1, 0.15) is 0 Å². The van der Waals surface area contributed by atoms with Crippen LogP contribution in [0.1, 0.15) is 0 Å². The Bertz CT molecular complexity index is 102. The zero-order chi connectivity index (χ0) is 7.86. The molecular formula is C3H8N2O2S2. The Labute approximate surface area is 64.0 Å². The smallest absolute Gasteiger partial charge is 0.275 e. The van der Waals surface area contributed by atoms with Gasteiger partial charge in [-0.15, -0.1) is 0 Å². The van der Waals surface area contributed by atoms with Crippen LogP contribution in [-0.2, 0) is 0 Å². The predicted octanol–water partition coefficient (Wildman–Crippen LogP) is 0.251. The van der Waals surface area contributed by atoms with Gasteiger partial charge in [0.25, 0.3) is 10.5 Å². The minimum Gasteiger partial charge on any atom is -0.361 e. The molecule has 3 N–H and O–H groups in total. The summed E-state index contributed by atoms with van der Waals surface area (Å²) in [4.78, 5) is 18.7. The Morgan fingerprint density at radius 3 is 1.56 bits per heavy atom. The molecule has 0 saturated heterocycles. The van der Waals surface area contributed by atoms with Gasteiger partial charge < -0.3 is 11.1 Å². The van der Waals surface area contributed by atoms with E-state index in [0.29, 0.717) is 0 Å². The summed E-state index contributed by atoms with van der Waals surface area (Å²) >= 11 is 6.45.